The van der Waals surface area contributed by atoms with Crippen LogP contribution in [0.15, 0.2) is 70.1 Å². The van der Waals surface area contributed by atoms with Gasteiger partial charge in [-0.05, 0) is 24.3 Å². The van der Waals surface area contributed by atoms with Crippen molar-refractivity contribution in [2.75, 3.05) is 11.9 Å². The molecule has 0 amide bonds. The third kappa shape index (κ3) is 3.35. The topological polar surface area (TPSA) is 90.0 Å². The van der Waals surface area contributed by atoms with E-state index in [0.29, 0.717) is 17.2 Å². The van der Waals surface area contributed by atoms with E-state index < -0.39 is 0 Å². The molecular weight excluding hydrogens is 344 g/mol. The maximum atomic E-state index is 12.5. The Balaban J connectivity index is 1.58. The molecule has 1 N–H and O–H groups in total. The van der Waals surface area contributed by atoms with Crippen LogP contribution in [0.4, 0.5) is 5.95 Å². The van der Waals surface area contributed by atoms with Gasteiger partial charge in [0, 0.05) is 36.5 Å². The predicted octanol–water partition coefficient (Wildman–Crippen LogP) is 2.88. The Morgan fingerprint density at radius 1 is 1.15 bits per heavy atom. The van der Waals surface area contributed by atoms with Gasteiger partial charge in [0.1, 0.15) is 5.58 Å². The molecule has 0 aliphatic heterocycles. The minimum Gasteiger partial charge on any atom is -0.453 e. The monoisotopic (exact) mass is 360 g/mol. The molecule has 0 radical (unpaired) electrons. The number of rotatable bonds is 5. The van der Waals surface area contributed by atoms with Gasteiger partial charge >= 0.3 is 0 Å². The van der Waals surface area contributed by atoms with Crippen molar-refractivity contribution >= 4 is 22.7 Å². The fourth-order valence-corrected chi connectivity index (χ4v) is 2.73. The highest BCUT2D eigenvalue weighted by Crippen LogP contribution is 2.19. The molecule has 27 heavy (non-hydrogen) atoms. The molecule has 3 heterocycles. The van der Waals surface area contributed by atoms with Gasteiger partial charge in [0.05, 0.1) is 12.2 Å². The lowest BCUT2D eigenvalue weighted by molar-refractivity contribution is 0.0981. The van der Waals surface area contributed by atoms with E-state index in [-0.39, 0.29) is 23.6 Å². The zero-order valence-corrected chi connectivity index (χ0v) is 14.5. The second kappa shape index (κ2) is 6.87. The second-order valence-electron chi connectivity index (χ2n) is 6.02. The van der Waals surface area contributed by atoms with Gasteiger partial charge in [-0.2, -0.15) is 0 Å². The Kier molecular flexibility index (Phi) is 4.25. The summed E-state index contributed by atoms with van der Waals surface area (Å²) in [5.74, 6) is 0.340. The van der Waals surface area contributed by atoms with Gasteiger partial charge in [-0.15, -0.1) is 0 Å². The first-order valence-corrected chi connectivity index (χ1v) is 8.36. The number of nitrogens with zero attached hydrogens (tertiary/aromatic N) is 3. The number of Topliss-reactive ketones (excluding diaryl/α,β-unsaturated/α-hetero) is 1. The SMILES string of the molecule is Cn1c(NCC(=O)c2cc3ccccc3o2)nc(-c2ccncc2)cc1=O. The van der Waals surface area contributed by atoms with Crippen LogP contribution in [0.5, 0.6) is 0 Å². The lowest BCUT2D eigenvalue weighted by atomic mass is 10.2. The molecular formula is C20H16N4O3. The predicted molar refractivity (Wildman–Crippen MR) is 102 cm³/mol. The number of fused-ring (bicyclic) bond motifs is 1. The number of carbonyl (C=O) groups excluding carboxylic acids is 1. The van der Waals surface area contributed by atoms with Crippen LogP contribution in [-0.2, 0) is 7.05 Å². The van der Waals surface area contributed by atoms with Gasteiger partial charge in [0.15, 0.2) is 5.76 Å². The lowest BCUT2D eigenvalue weighted by Gasteiger charge is -2.10. The van der Waals surface area contributed by atoms with E-state index in [0.717, 1.165) is 10.9 Å². The number of nitrogens with one attached hydrogen (secondary N) is 1. The standard InChI is InChI=1S/C20H16N4O3/c1-24-19(26)11-15(13-6-8-21-9-7-13)23-20(24)22-12-16(25)18-10-14-4-2-3-5-17(14)27-18/h2-11H,12H2,1H3,(H,22,23). The summed E-state index contributed by atoms with van der Waals surface area (Å²) >= 11 is 0. The summed E-state index contributed by atoms with van der Waals surface area (Å²) in [5.41, 5.74) is 1.72. The maximum Gasteiger partial charge on any atom is 0.255 e. The van der Waals surface area contributed by atoms with Crippen LogP contribution in [0.25, 0.3) is 22.2 Å². The first-order chi connectivity index (χ1) is 13.1. The van der Waals surface area contributed by atoms with E-state index in [4.69, 9.17) is 4.42 Å². The van der Waals surface area contributed by atoms with Crippen molar-refractivity contribution in [3.05, 3.63) is 77.0 Å². The number of carbonyl (C=O) groups is 1. The van der Waals surface area contributed by atoms with Crippen LogP contribution in [0.3, 0.4) is 0 Å². The van der Waals surface area contributed by atoms with Gasteiger partial charge in [0.25, 0.3) is 5.56 Å². The smallest absolute Gasteiger partial charge is 0.255 e. The number of benzene rings is 1. The molecule has 0 spiro atoms. The minimum atomic E-state index is -0.227. The molecule has 7 nitrogen and oxygen atoms in total. The number of furan rings is 1. The lowest BCUT2D eigenvalue weighted by Crippen LogP contribution is -2.24. The van der Waals surface area contributed by atoms with E-state index in [1.54, 1.807) is 37.6 Å². The summed E-state index contributed by atoms with van der Waals surface area (Å²) in [6, 6.07) is 14.1. The first-order valence-electron chi connectivity index (χ1n) is 8.36. The number of hydrogen-bond acceptors (Lipinski definition) is 6. The average Bonchev–Trinajstić information content (AvgIpc) is 3.14. The van der Waals surface area contributed by atoms with E-state index in [1.165, 1.54) is 10.6 Å². The van der Waals surface area contributed by atoms with Gasteiger partial charge in [-0.3, -0.25) is 19.1 Å². The fraction of sp³-hybridized carbons (Fsp3) is 0.100. The molecule has 1 aromatic carbocycles. The molecule has 0 fully saturated rings. The molecule has 0 aliphatic carbocycles. The van der Waals surface area contributed by atoms with Crippen molar-refractivity contribution in [1.82, 2.24) is 14.5 Å². The average molecular weight is 360 g/mol. The Labute approximate surface area is 154 Å². The maximum absolute atomic E-state index is 12.5. The quantitative estimate of drug-likeness (QED) is 0.551. The number of aromatic nitrogens is 3. The Bertz CT molecular complexity index is 1150. The number of hydrogen-bond donors (Lipinski definition) is 1. The molecule has 0 bridgehead atoms. The number of pyridine rings is 1. The third-order valence-corrected chi connectivity index (χ3v) is 4.22. The fourth-order valence-electron chi connectivity index (χ4n) is 2.73. The summed E-state index contributed by atoms with van der Waals surface area (Å²) in [4.78, 5) is 33.1. The molecule has 0 atom stereocenters. The van der Waals surface area contributed by atoms with Crippen molar-refractivity contribution in [3.8, 4) is 11.3 Å². The van der Waals surface area contributed by atoms with Crippen LogP contribution in [0.1, 0.15) is 10.6 Å². The van der Waals surface area contributed by atoms with Gasteiger partial charge in [-0.1, -0.05) is 18.2 Å². The minimum absolute atomic E-state index is 0.0418. The highest BCUT2D eigenvalue weighted by molar-refractivity contribution is 5.99. The second-order valence-corrected chi connectivity index (χ2v) is 6.02. The van der Waals surface area contributed by atoms with Crippen molar-refractivity contribution in [3.63, 3.8) is 0 Å². The summed E-state index contributed by atoms with van der Waals surface area (Å²) in [6.07, 6.45) is 3.26. The summed E-state index contributed by atoms with van der Waals surface area (Å²) < 4.78 is 6.94. The van der Waals surface area contributed by atoms with Crippen LogP contribution in [-0.4, -0.2) is 26.9 Å². The molecule has 4 rings (SSSR count). The number of para-hydroxylation sites is 1. The van der Waals surface area contributed by atoms with Crippen LogP contribution < -0.4 is 10.9 Å². The van der Waals surface area contributed by atoms with Crippen molar-refractivity contribution in [2.24, 2.45) is 7.05 Å². The Hall–Kier alpha value is -3.74. The van der Waals surface area contributed by atoms with Crippen molar-refractivity contribution in [2.45, 2.75) is 0 Å². The largest absolute Gasteiger partial charge is 0.453 e. The van der Waals surface area contributed by atoms with Crippen molar-refractivity contribution in [1.29, 1.82) is 0 Å². The molecule has 0 saturated carbocycles. The first kappa shape index (κ1) is 16.7. The van der Waals surface area contributed by atoms with Crippen LogP contribution in [0, 0.1) is 0 Å². The van der Waals surface area contributed by atoms with Gasteiger partial charge in [-0.25, -0.2) is 4.98 Å². The molecule has 3 aromatic heterocycles. The normalized spacial score (nSPS) is 10.9. The van der Waals surface area contributed by atoms with Crippen molar-refractivity contribution < 1.29 is 9.21 Å². The molecule has 7 heteroatoms. The number of ketones is 1. The van der Waals surface area contributed by atoms with E-state index >= 15 is 0 Å². The highest BCUT2D eigenvalue weighted by atomic mass is 16.3. The molecule has 0 unspecified atom stereocenters. The van der Waals surface area contributed by atoms with E-state index in [1.807, 2.05) is 24.3 Å². The Morgan fingerprint density at radius 2 is 1.93 bits per heavy atom. The molecule has 0 saturated heterocycles. The highest BCUT2D eigenvalue weighted by Gasteiger charge is 2.14. The zero-order valence-electron chi connectivity index (χ0n) is 14.5. The van der Waals surface area contributed by atoms with Gasteiger partial charge < -0.3 is 9.73 Å². The van der Waals surface area contributed by atoms with Crippen LogP contribution >= 0.6 is 0 Å². The summed E-state index contributed by atoms with van der Waals surface area (Å²) in [7, 11) is 1.60. The van der Waals surface area contributed by atoms with Gasteiger partial charge in [0.2, 0.25) is 11.7 Å². The van der Waals surface area contributed by atoms with E-state index in [9.17, 15) is 9.59 Å². The van der Waals surface area contributed by atoms with Crippen LogP contribution in [0.2, 0.25) is 0 Å². The summed E-state index contributed by atoms with van der Waals surface area (Å²) in [5, 5.41) is 3.80. The van der Waals surface area contributed by atoms with E-state index in [2.05, 4.69) is 15.3 Å². The zero-order chi connectivity index (χ0) is 18.8. The molecule has 134 valence electrons. The third-order valence-electron chi connectivity index (χ3n) is 4.22. The Morgan fingerprint density at radius 3 is 2.70 bits per heavy atom. The number of anilines is 1. The summed E-state index contributed by atoms with van der Waals surface area (Å²) in [6.45, 7) is -0.0418. The molecule has 0 aliphatic rings. The molecule has 4 aromatic rings.